The highest BCUT2D eigenvalue weighted by molar-refractivity contribution is 5.97. The SMILES string of the molecule is COc1cccc(C(=O)NCC#Cc2ccccc2N(C)C)c1OC. The van der Waals surface area contributed by atoms with Crippen LogP contribution >= 0.6 is 0 Å². The summed E-state index contributed by atoms with van der Waals surface area (Å²) in [4.78, 5) is 14.4. The zero-order valence-corrected chi connectivity index (χ0v) is 14.9. The van der Waals surface area contributed by atoms with Crippen molar-refractivity contribution in [3.63, 3.8) is 0 Å². The van der Waals surface area contributed by atoms with E-state index < -0.39 is 0 Å². The Morgan fingerprint density at radius 2 is 1.84 bits per heavy atom. The second kappa shape index (κ2) is 8.65. The highest BCUT2D eigenvalue weighted by Crippen LogP contribution is 2.30. The number of amides is 1. The van der Waals surface area contributed by atoms with Crippen LogP contribution in [0.2, 0.25) is 0 Å². The third-order valence-corrected chi connectivity index (χ3v) is 3.59. The number of hydrogen-bond acceptors (Lipinski definition) is 4. The van der Waals surface area contributed by atoms with Crippen LogP contribution in [0.3, 0.4) is 0 Å². The third kappa shape index (κ3) is 4.45. The van der Waals surface area contributed by atoms with Gasteiger partial charge in [0, 0.05) is 19.7 Å². The van der Waals surface area contributed by atoms with Crippen molar-refractivity contribution in [2.45, 2.75) is 0 Å². The number of carbonyl (C=O) groups is 1. The summed E-state index contributed by atoms with van der Waals surface area (Å²) in [7, 11) is 6.98. The maximum Gasteiger partial charge on any atom is 0.255 e. The van der Waals surface area contributed by atoms with Gasteiger partial charge in [0.05, 0.1) is 32.0 Å². The monoisotopic (exact) mass is 338 g/mol. The predicted octanol–water partition coefficient (Wildman–Crippen LogP) is 2.55. The van der Waals surface area contributed by atoms with Gasteiger partial charge in [0.25, 0.3) is 5.91 Å². The van der Waals surface area contributed by atoms with Crippen LogP contribution in [0.4, 0.5) is 5.69 Å². The second-order valence-corrected chi connectivity index (χ2v) is 5.44. The summed E-state index contributed by atoms with van der Waals surface area (Å²) in [5.74, 6) is 6.74. The molecule has 1 N–H and O–H groups in total. The van der Waals surface area contributed by atoms with Gasteiger partial charge in [-0.15, -0.1) is 0 Å². The molecular weight excluding hydrogens is 316 g/mol. The molecule has 0 saturated carbocycles. The summed E-state index contributed by atoms with van der Waals surface area (Å²) in [6, 6.07) is 13.0. The van der Waals surface area contributed by atoms with E-state index in [9.17, 15) is 4.79 Å². The van der Waals surface area contributed by atoms with E-state index in [2.05, 4.69) is 17.2 Å². The molecule has 0 spiro atoms. The van der Waals surface area contributed by atoms with E-state index in [1.54, 1.807) is 18.2 Å². The normalized spacial score (nSPS) is 9.60. The predicted molar refractivity (Wildman–Crippen MR) is 99.5 cm³/mol. The fourth-order valence-electron chi connectivity index (χ4n) is 2.39. The first kappa shape index (κ1) is 18.2. The molecule has 0 heterocycles. The van der Waals surface area contributed by atoms with Crippen LogP contribution in [-0.2, 0) is 0 Å². The molecule has 5 heteroatoms. The van der Waals surface area contributed by atoms with Crippen LogP contribution in [0.5, 0.6) is 11.5 Å². The number of ether oxygens (including phenoxy) is 2. The molecular formula is C20H22N2O3. The van der Waals surface area contributed by atoms with Gasteiger partial charge in [0.15, 0.2) is 11.5 Å². The molecule has 0 bridgehead atoms. The molecule has 0 radical (unpaired) electrons. The van der Waals surface area contributed by atoms with Crippen molar-refractivity contribution in [1.29, 1.82) is 0 Å². The lowest BCUT2D eigenvalue weighted by Crippen LogP contribution is -2.24. The summed E-state index contributed by atoms with van der Waals surface area (Å²) in [6.45, 7) is 0.237. The molecule has 1 amide bonds. The van der Waals surface area contributed by atoms with E-state index >= 15 is 0 Å². The Morgan fingerprint density at radius 1 is 1.08 bits per heavy atom. The van der Waals surface area contributed by atoms with E-state index in [0.717, 1.165) is 11.3 Å². The van der Waals surface area contributed by atoms with Crippen molar-refractivity contribution in [3.8, 4) is 23.3 Å². The average Bonchev–Trinajstić information content (AvgIpc) is 2.64. The van der Waals surface area contributed by atoms with Crippen LogP contribution in [0, 0.1) is 11.8 Å². The molecule has 0 fully saturated rings. The average molecular weight is 338 g/mol. The lowest BCUT2D eigenvalue weighted by Gasteiger charge is -2.14. The van der Waals surface area contributed by atoms with Crippen molar-refractivity contribution in [2.24, 2.45) is 0 Å². The standard InChI is InChI=1S/C20H22N2O3/c1-22(2)17-12-6-5-9-15(17)10-8-14-21-20(23)16-11-7-13-18(24-3)19(16)25-4/h5-7,9,11-13H,14H2,1-4H3,(H,21,23). The molecule has 0 saturated heterocycles. The molecule has 2 aromatic carbocycles. The maximum atomic E-state index is 12.4. The Morgan fingerprint density at radius 3 is 2.52 bits per heavy atom. The van der Waals surface area contributed by atoms with Gasteiger partial charge >= 0.3 is 0 Å². The minimum Gasteiger partial charge on any atom is -0.493 e. The summed E-state index contributed by atoms with van der Waals surface area (Å²) in [6.07, 6.45) is 0. The Hall–Kier alpha value is -3.13. The smallest absolute Gasteiger partial charge is 0.255 e. The molecule has 0 unspecified atom stereocenters. The number of nitrogens with zero attached hydrogens (tertiary/aromatic N) is 1. The van der Waals surface area contributed by atoms with Gasteiger partial charge in [0.1, 0.15) is 0 Å². The number of anilines is 1. The van der Waals surface area contributed by atoms with Gasteiger partial charge in [-0.1, -0.05) is 30.0 Å². The molecule has 0 aliphatic carbocycles. The van der Waals surface area contributed by atoms with E-state index in [1.807, 2.05) is 43.3 Å². The van der Waals surface area contributed by atoms with E-state index in [-0.39, 0.29) is 12.5 Å². The van der Waals surface area contributed by atoms with Gasteiger partial charge < -0.3 is 19.7 Å². The van der Waals surface area contributed by atoms with Crippen molar-refractivity contribution >= 4 is 11.6 Å². The minimum absolute atomic E-state index is 0.237. The molecule has 25 heavy (non-hydrogen) atoms. The van der Waals surface area contributed by atoms with Crippen LogP contribution < -0.4 is 19.7 Å². The van der Waals surface area contributed by atoms with Gasteiger partial charge in [-0.3, -0.25) is 4.79 Å². The maximum absolute atomic E-state index is 12.4. The van der Waals surface area contributed by atoms with Crippen LogP contribution in [0.25, 0.3) is 0 Å². The Balaban J connectivity index is 2.08. The van der Waals surface area contributed by atoms with Gasteiger partial charge in [0.2, 0.25) is 0 Å². The number of rotatable bonds is 5. The van der Waals surface area contributed by atoms with Gasteiger partial charge in [-0.25, -0.2) is 0 Å². The zero-order chi connectivity index (χ0) is 18.2. The Kier molecular flexibility index (Phi) is 6.30. The molecule has 0 aliphatic rings. The largest absolute Gasteiger partial charge is 0.493 e. The van der Waals surface area contributed by atoms with Crippen molar-refractivity contribution in [2.75, 3.05) is 39.8 Å². The second-order valence-electron chi connectivity index (χ2n) is 5.44. The fraction of sp³-hybridized carbons (Fsp3) is 0.250. The first-order valence-electron chi connectivity index (χ1n) is 7.83. The van der Waals surface area contributed by atoms with Crippen LogP contribution in [0.15, 0.2) is 42.5 Å². The van der Waals surface area contributed by atoms with Crippen LogP contribution in [0.1, 0.15) is 15.9 Å². The first-order chi connectivity index (χ1) is 12.1. The number of para-hydroxylation sites is 2. The summed E-state index contributed by atoms with van der Waals surface area (Å²) < 4.78 is 10.5. The number of hydrogen-bond donors (Lipinski definition) is 1. The lowest BCUT2D eigenvalue weighted by atomic mass is 10.1. The quantitative estimate of drug-likeness (QED) is 0.852. The number of methoxy groups -OCH3 is 2. The van der Waals surface area contributed by atoms with Crippen LogP contribution in [-0.4, -0.2) is 40.8 Å². The Labute approximate surface area is 148 Å². The highest BCUT2D eigenvalue weighted by Gasteiger charge is 2.15. The number of nitrogens with one attached hydrogen (secondary N) is 1. The summed E-state index contributed by atoms with van der Waals surface area (Å²) >= 11 is 0. The first-order valence-corrected chi connectivity index (χ1v) is 7.83. The van der Waals surface area contributed by atoms with Crippen molar-refractivity contribution < 1.29 is 14.3 Å². The molecule has 5 nitrogen and oxygen atoms in total. The molecule has 130 valence electrons. The molecule has 0 aliphatic heterocycles. The van der Waals surface area contributed by atoms with Gasteiger partial charge in [-0.05, 0) is 24.3 Å². The summed E-state index contributed by atoms with van der Waals surface area (Å²) in [5.41, 5.74) is 2.37. The van der Waals surface area contributed by atoms with Crippen molar-refractivity contribution in [1.82, 2.24) is 5.32 Å². The van der Waals surface area contributed by atoms with E-state index in [4.69, 9.17) is 9.47 Å². The topological polar surface area (TPSA) is 50.8 Å². The molecule has 2 aromatic rings. The zero-order valence-electron chi connectivity index (χ0n) is 14.9. The number of benzene rings is 2. The molecule has 0 atom stereocenters. The molecule has 2 rings (SSSR count). The third-order valence-electron chi connectivity index (χ3n) is 3.59. The lowest BCUT2D eigenvalue weighted by molar-refractivity contribution is 0.0955. The van der Waals surface area contributed by atoms with Crippen molar-refractivity contribution in [3.05, 3.63) is 53.6 Å². The van der Waals surface area contributed by atoms with Gasteiger partial charge in [-0.2, -0.15) is 0 Å². The highest BCUT2D eigenvalue weighted by atomic mass is 16.5. The Bertz CT molecular complexity index is 804. The fourth-order valence-corrected chi connectivity index (χ4v) is 2.39. The summed E-state index contributed by atoms with van der Waals surface area (Å²) in [5, 5.41) is 2.78. The van der Waals surface area contributed by atoms with E-state index in [0.29, 0.717) is 17.1 Å². The molecule has 0 aromatic heterocycles. The minimum atomic E-state index is -0.258. The van der Waals surface area contributed by atoms with E-state index in [1.165, 1.54) is 14.2 Å². The number of carbonyl (C=O) groups excluding carboxylic acids is 1.